The molecule has 1 aromatic rings. The molecule has 0 aliphatic heterocycles. The summed E-state index contributed by atoms with van der Waals surface area (Å²) in [6, 6.07) is 3.86. The largest absolute Gasteiger partial charge is 0.300 e. The first-order valence-electron chi connectivity index (χ1n) is 3.33. The maximum absolute atomic E-state index is 12.5. The van der Waals surface area contributed by atoms with Gasteiger partial charge in [-0.15, -0.1) is 0 Å². The van der Waals surface area contributed by atoms with Crippen LogP contribution < -0.4 is 5.90 Å². The summed E-state index contributed by atoms with van der Waals surface area (Å²) in [5, 5.41) is 0. The second kappa shape index (κ2) is 3.94. The Kier molecular flexibility index (Phi) is 2.90. The van der Waals surface area contributed by atoms with Crippen molar-refractivity contribution in [2.45, 2.75) is 6.61 Å². The average molecular weight is 169 g/mol. The minimum absolute atomic E-state index is 0.106. The Balaban J connectivity index is 3.02. The van der Waals surface area contributed by atoms with E-state index in [0.29, 0.717) is 11.8 Å². The van der Waals surface area contributed by atoms with Crippen LogP contribution in [-0.2, 0) is 11.4 Å². The lowest BCUT2D eigenvalue weighted by molar-refractivity contribution is 0.110. The molecule has 64 valence electrons. The van der Waals surface area contributed by atoms with Gasteiger partial charge in [0.2, 0.25) is 0 Å². The first-order valence-corrected chi connectivity index (χ1v) is 3.33. The van der Waals surface area contributed by atoms with Crippen molar-refractivity contribution in [3.8, 4) is 0 Å². The average Bonchev–Trinajstić information content (AvgIpc) is 2.08. The molecular formula is C8H8FNO2. The molecule has 0 amide bonds. The maximum Gasteiger partial charge on any atom is 0.150 e. The van der Waals surface area contributed by atoms with Crippen molar-refractivity contribution in [3.05, 3.63) is 35.1 Å². The first-order chi connectivity index (χ1) is 5.77. The van der Waals surface area contributed by atoms with Crippen molar-refractivity contribution >= 4 is 6.29 Å². The van der Waals surface area contributed by atoms with Crippen LogP contribution >= 0.6 is 0 Å². The van der Waals surface area contributed by atoms with Crippen LogP contribution in [0.1, 0.15) is 15.9 Å². The zero-order valence-electron chi connectivity index (χ0n) is 6.29. The number of hydrogen-bond donors (Lipinski definition) is 1. The van der Waals surface area contributed by atoms with Crippen LogP contribution in [0.2, 0.25) is 0 Å². The van der Waals surface area contributed by atoms with E-state index in [1.54, 1.807) is 0 Å². The van der Waals surface area contributed by atoms with Gasteiger partial charge >= 0.3 is 0 Å². The van der Waals surface area contributed by atoms with Gasteiger partial charge < -0.3 is 0 Å². The van der Waals surface area contributed by atoms with Crippen molar-refractivity contribution < 1.29 is 14.0 Å². The molecule has 0 aromatic heterocycles. The van der Waals surface area contributed by atoms with Gasteiger partial charge in [-0.05, 0) is 17.7 Å². The molecule has 0 spiro atoms. The highest BCUT2D eigenvalue weighted by molar-refractivity contribution is 5.77. The van der Waals surface area contributed by atoms with Crippen LogP contribution in [0.15, 0.2) is 18.2 Å². The van der Waals surface area contributed by atoms with Crippen molar-refractivity contribution in [3.63, 3.8) is 0 Å². The Morgan fingerprint density at radius 2 is 2.33 bits per heavy atom. The second-order valence-electron chi connectivity index (χ2n) is 2.27. The summed E-state index contributed by atoms with van der Waals surface area (Å²) in [6.45, 7) is 0.106. The SMILES string of the molecule is NOCc1ccc(F)cc1C=O. The van der Waals surface area contributed by atoms with Gasteiger partial charge in [0.25, 0.3) is 0 Å². The van der Waals surface area contributed by atoms with Crippen LogP contribution in [0.5, 0.6) is 0 Å². The molecule has 0 aliphatic rings. The molecule has 2 N–H and O–H groups in total. The Bertz CT molecular complexity index is 288. The lowest BCUT2D eigenvalue weighted by atomic mass is 10.1. The number of hydrogen-bond acceptors (Lipinski definition) is 3. The summed E-state index contributed by atoms with van der Waals surface area (Å²) in [5.41, 5.74) is 0.842. The fraction of sp³-hybridized carbons (Fsp3) is 0.125. The fourth-order valence-corrected chi connectivity index (χ4v) is 0.897. The van der Waals surface area contributed by atoms with Gasteiger partial charge in [0.05, 0.1) is 6.61 Å². The smallest absolute Gasteiger partial charge is 0.150 e. The highest BCUT2D eigenvalue weighted by Crippen LogP contribution is 2.09. The Morgan fingerprint density at radius 1 is 1.58 bits per heavy atom. The molecule has 0 atom stereocenters. The standard InChI is InChI=1S/C8H8FNO2/c9-8-2-1-6(5-12-10)7(3-8)4-11/h1-4H,5,10H2. The quantitative estimate of drug-likeness (QED) is 0.543. The van der Waals surface area contributed by atoms with Crippen molar-refractivity contribution in [1.29, 1.82) is 0 Å². The third-order valence-corrected chi connectivity index (χ3v) is 1.47. The molecule has 3 nitrogen and oxygen atoms in total. The topological polar surface area (TPSA) is 52.3 Å². The minimum atomic E-state index is -0.446. The summed E-state index contributed by atoms with van der Waals surface area (Å²) in [7, 11) is 0. The number of rotatable bonds is 3. The van der Waals surface area contributed by atoms with Crippen molar-refractivity contribution in [2.75, 3.05) is 0 Å². The van der Waals surface area contributed by atoms with Gasteiger partial charge in [-0.3, -0.25) is 9.63 Å². The molecule has 0 aliphatic carbocycles. The number of nitrogens with two attached hydrogens (primary N) is 1. The van der Waals surface area contributed by atoms with E-state index in [4.69, 9.17) is 5.90 Å². The molecule has 0 heterocycles. The molecule has 1 rings (SSSR count). The van der Waals surface area contributed by atoms with E-state index in [1.165, 1.54) is 12.1 Å². The zero-order valence-corrected chi connectivity index (χ0v) is 6.29. The van der Waals surface area contributed by atoms with E-state index in [9.17, 15) is 9.18 Å². The van der Waals surface area contributed by atoms with Gasteiger partial charge in [-0.1, -0.05) is 6.07 Å². The number of halogens is 1. The molecular weight excluding hydrogens is 161 g/mol. The molecule has 0 fully saturated rings. The molecule has 0 unspecified atom stereocenters. The van der Waals surface area contributed by atoms with Crippen LogP contribution in [0.4, 0.5) is 4.39 Å². The monoisotopic (exact) mass is 169 g/mol. The van der Waals surface area contributed by atoms with E-state index < -0.39 is 5.82 Å². The molecule has 12 heavy (non-hydrogen) atoms. The third kappa shape index (κ3) is 1.87. The zero-order chi connectivity index (χ0) is 8.97. The Hall–Kier alpha value is -1.26. The van der Waals surface area contributed by atoms with Crippen LogP contribution in [-0.4, -0.2) is 6.29 Å². The Labute approximate surface area is 68.9 Å². The van der Waals surface area contributed by atoms with Gasteiger partial charge in [0.1, 0.15) is 5.82 Å². The highest BCUT2D eigenvalue weighted by Gasteiger charge is 2.02. The van der Waals surface area contributed by atoms with Gasteiger partial charge in [-0.2, -0.15) is 0 Å². The van der Waals surface area contributed by atoms with Crippen LogP contribution in [0.25, 0.3) is 0 Å². The summed E-state index contributed by atoms with van der Waals surface area (Å²) >= 11 is 0. The number of carbonyl (C=O) groups is 1. The van der Waals surface area contributed by atoms with Gasteiger partial charge in [0.15, 0.2) is 6.29 Å². The molecule has 0 radical (unpaired) electrons. The first kappa shape index (κ1) is 8.83. The second-order valence-corrected chi connectivity index (χ2v) is 2.27. The van der Waals surface area contributed by atoms with Crippen molar-refractivity contribution in [2.24, 2.45) is 5.90 Å². The lowest BCUT2D eigenvalue weighted by Crippen LogP contribution is -2.02. The van der Waals surface area contributed by atoms with Crippen LogP contribution in [0, 0.1) is 5.82 Å². The normalized spacial score (nSPS) is 9.83. The molecule has 0 saturated heterocycles. The molecule has 0 saturated carbocycles. The summed E-state index contributed by atoms with van der Waals surface area (Å²) in [4.78, 5) is 14.7. The summed E-state index contributed by atoms with van der Waals surface area (Å²) < 4.78 is 12.5. The lowest BCUT2D eigenvalue weighted by Gasteiger charge is -2.01. The number of carbonyl (C=O) groups excluding carboxylic acids is 1. The van der Waals surface area contributed by atoms with Crippen molar-refractivity contribution in [1.82, 2.24) is 0 Å². The third-order valence-electron chi connectivity index (χ3n) is 1.47. The highest BCUT2D eigenvalue weighted by atomic mass is 19.1. The van der Waals surface area contributed by atoms with E-state index in [0.717, 1.165) is 6.07 Å². The predicted octanol–water partition coefficient (Wildman–Crippen LogP) is 1.03. The minimum Gasteiger partial charge on any atom is -0.300 e. The van der Waals surface area contributed by atoms with E-state index in [-0.39, 0.29) is 12.2 Å². The maximum atomic E-state index is 12.5. The fourth-order valence-electron chi connectivity index (χ4n) is 0.897. The Morgan fingerprint density at radius 3 is 2.92 bits per heavy atom. The molecule has 1 aromatic carbocycles. The van der Waals surface area contributed by atoms with Crippen LogP contribution in [0.3, 0.4) is 0 Å². The number of benzene rings is 1. The van der Waals surface area contributed by atoms with E-state index in [2.05, 4.69) is 4.84 Å². The molecule has 0 bridgehead atoms. The van der Waals surface area contributed by atoms with E-state index in [1.807, 2.05) is 0 Å². The van der Waals surface area contributed by atoms with Gasteiger partial charge in [-0.25, -0.2) is 10.3 Å². The van der Waals surface area contributed by atoms with E-state index >= 15 is 0 Å². The molecule has 4 heteroatoms. The summed E-state index contributed by atoms with van der Waals surface area (Å²) in [6.07, 6.45) is 0.567. The number of aldehydes is 1. The summed E-state index contributed by atoms with van der Waals surface area (Å²) in [5.74, 6) is 4.37. The van der Waals surface area contributed by atoms with Gasteiger partial charge in [0, 0.05) is 5.56 Å². The predicted molar refractivity (Wildman–Crippen MR) is 40.8 cm³/mol.